The number of hydrogen-bond acceptors (Lipinski definition) is 2. The lowest BCUT2D eigenvalue weighted by Crippen LogP contribution is -2.19. The number of benzene rings is 1. The van der Waals surface area contributed by atoms with Crippen LogP contribution in [0.3, 0.4) is 0 Å². The first-order valence-electron chi connectivity index (χ1n) is 5.09. The topological polar surface area (TPSA) is 12.9 Å². The maximum Gasteiger partial charge on any atom is 0.0897 e. The van der Waals surface area contributed by atoms with Gasteiger partial charge in [-0.05, 0) is 12.5 Å². The van der Waals surface area contributed by atoms with Crippen molar-refractivity contribution in [1.82, 2.24) is 4.98 Å². The molecule has 1 aromatic carbocycles. The maximum absolute atomic E-state index is 4.58. The van der Waals surface area contributed by atoms with Gasteiger partial charge in [0.25, 0.3) is 0 Å². The predicted octanol–water partition coefficient (Wildman–Crippen LogP) is 3.78. The molecule has 0 bridgehead atoms. The third-order valence-corrected chi connectivity index (χ3v) is 3.53. The number of aromatic nitrogens is 1. The summed E-state index contributed by atoms with van der Waals surface area (Å²) < 4.78 is 0. The van der Waals surface area contributed by atoms with E-state index < -0.39 is 0 Å². The van der Waals surface area contributed by atoms with E-state index in [9.17, 15) is 0 Å². The lowest BCUT2D eigenvalue weighted by molar-refractivity contribution is 0.620. The Morgan fingerprint density at radius 1 is 1.13 bits per heavy atom. The highest BCUT2D eigenvalue weighted by Crippen LogP contribution is 2.31. The summed E-state index contributed by atoms with van der Waals surface area (Å²) >= 11 is 1.71. The van der Waals surface area contributed by atoms with Crippen LogP contribution in [0.4, 0.5) is 0 Å². The third-order valence-electron chi connectivity index (χ3n) is 2.75. The predicted molar refractivity (Wildman–Crippen MR) is 65.4 cm³/mol. The minimum Gasteiger partial charge on any atom is -0.246 e. The second kappa shape index (κ2) is 3.78. The summed E-state index contributed by atoms with van der Waals surface area (Å²) in [6, 6.07) is 10.5. The Labute approximate surface area is 94.8 Å². The van der Waals surface area contributed by atoms with E-state index in [0.717, 1.165) is 10.7 Å². The van der Waals surface area contributed by atoms with Gasteiger partial charge in [-0.3, -0.25) is 0 Å². The fourth-order valence-corrected chi connectivity index (χ4v) is 2.43. The quantitative estimate of drug-likeness (QED) is 0.746. The monoisotopic (exact) mass is 217 g/mol. The zero-order valence-electron chi connectivity index (χ0n) is 9.32. The molecule has 0 spiro atoms. The molecule has 0 atom stereocenters. The zero-order chi connectivity index (χ0) is 10.9. The second-order valence-electron chi connectivity index (χ2n) is 4.24. The summed E-state index contributed by atoms with van der Waals surface area (Å²) in [6.45, 7) is 6.49. The van der Waals surface area contributed by atoms with Gasteiger partial charge in [-0.1, -0.05) is 44.2 Å². The number of aryl methyl sites for hydroxylation is 1. The standard InChI is InChI=1S/C13H15NS/c1-10-14-12(9-15-10)13(2,3)11-7-5-4-6-8-11/h4-9H,1-3H3. The molecule has 0 saturated heterocycles. The van der Waals surface area contributed by atoms with E-state index in [1.54, 1.807) is 11.3 Å². The third kappa shape index (κ3) is 1.95. The molecule has 0 aliphatic carbocycles. The van der Waals surface area contributed by atoms with E-state index in [1.807, 2.05) is 6.07 Å². The highest BCUT2D eigenvalue weighted by Gasteiger charge is 2.25. The molecule has 1 nitrogen and oxygen atoms in total. The summed E-state index contributed by atoms with van der Waals surface area (Å²) in [5, 5.41) is 3.29. The van der Waals surface area contributed by atoms with Crippen LogP contribution in [0.15, 0.2) is 35.7 Å². The van der Waals surface area contributed by atoms with Crippen molar-refractivity contribution in [1.29, 1.82) is 0 Å². The fourth-order valence-electron chi connectivity index (χ4n) is 1.65. The van der Waals surface area contributed by atoms with Crippen molar-refractivity contribution >= 4 is 11.3 Å². The molecule has 0 saturated carbocycles. The first kappa shape index (κ1) is 10.4. The smallest absolute Gasteiger partial charge is 0.0897 e. The van der Waals surface area contributed by atoms with Crippen LogP contribution in [0.25, 0.3) is 0 Å². The van der Waals surface area contributed by atoms with Crippen molar-refractivity contribution < 1.29 is 0 Å². The van der Waals surface area contributed by atoms with Gasteiger partial charge < -0.3 is 0 Å². The number of thiazole rings is 1. The molecule has 15 heavy (non-hydrogen) atoms. The van der Waals surface area contributed by atoms with E-state index >= 15 is 0 Å². The zero-order valence-corrected chi connectivity index (χ0v) is 10.1. The lowest BCUT2D eigenvalue weighted by atomic mass is 9.82. The van der Waals surface area contributed by atoms with Crippen LogP contribution >= 0.6 is 11.3 Å². The largest absolute Gasteiger partial charge is 0.246 e. The Balaban J connectivity index is 2.43. The molecule has 0 unspecified atom stereocenters. The van der Waals surface area contributed by atoms with Crippen LogP contribution in [0.1, 0.15) is 30.1 Å². The van der Waals surface area contributed by atoms with E-state index in [0.29, 0.717) is 0 Å². The fraction of sp³-hybridized carbons (Fsp3) is 0.308. The average Bonchev–Trinajstić information content (AvgIpc) is 2.67. The summed E-state index contributed by atoms with van der Waals surface area (Å²) in [5.74, 6) is 0. The molecule has 0 N–H and O–H groups in total. The number of hydrogen-bond donors (Lipinski definition) is 0. The molecule has 0 radical (unpaired) electrons. The Kier molecular flexibility index (Phi) is 2.61. The van der Waals surface area contributed by atoms with Gasteiger partial charge in [-0.2, -0.15) is 0 Å². The maximum atomic E-state index is 4.58. The van der Waals surface area contributed by atoms with Crippen molar-refractivity contribution in [2.24, 2.45) is 0 Å². The van der Waals surface area contributed by atoms with Crippen LogP contribution in [-0.2, 0) is 5.41 Å². The molecule has 1 heterocycles. The van der Waals surface area contributed by atoms with Gasteiger partial charge in [-0.15, -0.1) is 11.3 Å². The van der Waals surface area contributed by atoms with Crippen LogP contribution in [0.2, 0.25) is 0 Å². The Bertz CT molecular complexity index is 443. The van der Waals surface area contributed by atoms with Crippen LogP contribution in [-0.4, -0.2) is 4.98 Å². The van der Waals surface area contributed by atoms with E-state index in [4.69, 9.17) is 0 Å². The normalized spacial score (nSPS) is 11.7. The molecular weight excluding hydrogens is 202 g/mol. The van der Waals surface area contributed by atoms with E-state index in [-0.39, 0.29) is 5.41 Å². The van der Waals surface area contributed by atoms with Gasteiger partial charge in [0, 0.05) is 10.8 Å². The second-order valence-corrected chi connectivity index (χ2v) is 5.31. The minimum absolute atomic E-state index is 0.00597. The van der Waals surface area contributed by atoms with Gasteiger partial charge in [0.1, 0.15) is 0 Å². The summed E-state index contributed by atoms with van der Waals surface area (Å²) in [6.07, 6.45) is 0. The van der Waals surface area contributed by atoms with Crippen LogP contribution < -0.4 is 0 Å². The van der Waals surface area contributed by atoms with Crippen molar-refractivity contribution in [3.63, 3.8) is 0 Å². The molecule has 2 heteroatoms. The SMILES string of the molecule is Cc1nc(C(C)(C)c2ccccc2)cs1. The van der Waals surface area contributed by atoms with Crippen molar-refractivity contribution in [2.45, 2.75) is 26.2 Å². The van der Waals surface area contributed by atoms with Crippen molar-refractivity contribution in [2.75, 3.05) is 0 Å². The van der Waals surface area contributed by atoms with Crippen LogP contribution in [0.5, 0.6) is 0 Å². The minimum atomic E-state index is 0.00597. The van der Waals surface area contributed by atoms with Crippen LogP contribution in [0, 0.1) is 6.92 Å². The molecule has 0 aliphatic heterocycles. The summed E-state index contributed by atoms with van der Waals surface area (Å²) in [7, 11) is 0. The first-order valence-corrected chi connectivity index (χ1v) is 5.97. The number of rotatable bonds is 2. The number of nitrogens with zero attached hydrogens (tertiary/aromatic N) is 1. The molecule has 2 rings (SSSR count). The highest BCUT2D eigenvalue weighted by molar-refractivity contribution is 7.09. The first-order chi connectivity index (χ1) is 7.10. The molecule has 78 valence electrons. The molecule has 0 fully saturated rings. The Morgan fingerprint density at radius 3 is 2.33 bits per heavy atom. The van der Waals surface area contributed by atoms with Gasteiger partial charge >= 0.3 is 0 Å². The van der Waals surface area contributed by atoms with Crippen molar-refractivity contribution in [3.8, 4) is 0 Å². The summed E-state index contributed by atoms with van der Waals surface area (Å²) in [5.41, 5.74) is 2.48. The molecule has 2 aromatic rings. The van der Waals surface area contributed by atoms with E-state index in [2.05, 4.69) is 55.4 Å². The molecule has 1 aromatic heterocycles. The molecule has 0 aliphatic rings. The van der Waals surface area contributed by atoms with Gasteiger partial charge in [0.15, 0.2) is 0 Å². The molecule has 0 amide bonds. The average molecular weight is 217 g/mol. The van der Waals surface area contributed by atoms with Crippen molar-refractivity contribution in [3.05, 3.63) is 52.0 Å². The van der Waals surface area contributed by atoms with E-state index in [1.165, 1.54) is 5.56 Å². The van der Waals surface area contributed by atoms with Gasteiger partial charge in [0.2, 0.25) is 0 Å². The van der Waals surface area contributed by atoms with Gasteiger partial charge in [0.05, 0.1) is 10.7 Å². The summed E-state index contributed by atoms with van der Waals surface area (Å²) in [4.78, 5) is 4.58. The highest BCUT2D eigenvalue weighted by atomic mass is 32.1. The Hall–Kier alpha value is -1.15. The lowest BCUT2D eigenvalue weighted by Gasteiger charge is -2.22. The Morgan fingerprint density at radius 2 is 1.80 bits per heavy atom. The molecular formula is C13H15NS. The van der Waals surface area contributed by atoms with Gasteiger partial charge in [-0.25, -0.2) is 4.98 Å².